The third-order valence-corrected chi connectivity index (χ3v) is 9.07. The number of ether oxygens (including phenoxy) is 3. The molecule has 0 spiro atoms. The van der Waals surface area contributed by atoms with E-state index in [1.165, 1.54) is 4.90 Å². The van der Waals surface area contributed by atoms with E-state index in [1.54, 1.807) is 42.5 Å². The predicted octanol–water partition coefficient (Wildman–Crippen LogP) is -1.25. The Morgan fingerprint density at radius 3 is 2.59 bits per heavy atom. The zero-order chi connectivity index (χ0) is 31.0. The summed E-state index contributed by atoms with van der Waals surface area (Å²) in [6.07, 6.45) is -1.17. The number of nitrogens with one attached hydrogen (secondary N) is 1. The molecule has 3 N–H and O–H groups in total. The number of aryl methyl sites for hydroxylation is 1. The van der Waals surface area contributed by atoms with Crippen LogP contribution in [0.25, 0.3) is 0 Å². The molecule has 1 aromatic carbocycles. The Bertz CT molecular complexity index is 1350. The third kappa shape index (κ3) is 6.31. The second-order valence-electron chi connectivity index (χ2n) is 12.0. The van der Waals surface area contributed by atoms with Crippen LogP contribution in [-0.4, -0.2) is 141 Å². The van der Waals surface area contributed by atoms with Crippen LogP contribution in [0.15, 0.2) is 36.7 Å². The van der Waals surface area contributed by atoms with Crippen LogP contribution in [0.2, 0.25) is 0 Å². The molecule has 5 heterocycles. The van der Waals surface area contributed by atoms with Gasteiger partial charge in [0.25, 0.3) is 5.91 Å². The number of benzene rings is 1. The zero-order valence-electron chi connectivity index (χ0n) is 24.9. The summed E-state index contributed by atoms with van der Waals surface area (Å²) in [5, 5.41) is 24.7. The average molecular weight is 613 g/mol. The van der Waals surface area contributed by atoms with Gasteiger partial charge < -0.3 is 44.1 Å². The van der Waals surface area contributed by atoms with E-state index >= 15 is 0 Å². The van der Waals surface area contributed by atoms with Crippen molar-refractivity contribution in [3.8, 4) is 5.75 Å². The Morgan fingerprint density at radius 2 is 1.86 bits per heavy atom. The number of imidazole rings is 1. The molecule has 1 aromatic heterocycles. The summed E-state index contributed by atoms with van der Waals surface area (Å²) in [5.41, 5.74) is 0.398. The number of carbonyl (C=O) groups excluding carboxylic acids is 3. The first kappa shape index (κ1) is 30.5. The lowest BCUT2D eigenvalue weighted by molar-refractivity contribution is -0.144. The number of amides is 3. The third-order valence-electron chi connectivity index (χ3n) is 9.07. The lowest BCUT2D eigenvalue weighted by atomic mass is 10.0. The Hall–Kier alpha value is -3.56. The van der Waals surface area contributed by atoms with Gasteiger partial charge in [-0.15, -0.1) is 0 Å². The fraction of sp³-hybridized carbons (Fsp3) is 0.600. The molecule has 44 heavy (non-hydrogen) atoms. The number of carbonyl (C=O) groups is 3. The van der Waals surface area contributed by atoms with Crippen molar-refractivity contribution in [1.29, 1.82) is 0 Å². The molecule has 6 rings (SSSR count). The number of aromatic nitrogens is 2. The maximum Gasteiger partial charge on any atom is 0.254 e. The van der Waals surface area contributed by atoms with Crippen molar-refractivity contribution < 1.29 is 38.8 Å². The van der Waals surface area contributed by atoms with E-state index in [0.717, 1.165) is 5.82 Å². The number of aliphatic hydroxyl groups excluding tert-OH is 2. The highest BCUT2D eigenvalue weighted by molar-refractivity contribution is 5.94. The van der Waals surface area contributed by atoms with E-state index in [4.69, 9.17) is 14.2 Å². The van der Waals surface area contributed by atoms with E-state index in [-0.39, 0.29) is 49.8 Å². The van der Waals surface area contributed by atoms with Crippen LogP contribution >= 0.6 is 0 Å². The van der Waals surface area contributed by atoms with Gasteiger partial charge >= 0.3 is 0 Å². The lowest BCUT2D eigenvalue weighted by Crippen LogP contribution is -2.55. The van der Waals surface area contributed by atoms with Crippen molar-refractivity contribution in [2.45, 2.75) is 62.0 Å². The lowest BCUT2D eigenvalue weighted by Gasteiger charge is -2.38. The molecule has 238 valence electrons. The van der Waals surface area contributed by atoms with E-state index in [2.05, 4.69) is 10.3 Å². The standard InChI is InChI=1S/C30H40N6O8/c1-33-8-7-31-25(33)17-35-13-19-11-22(35)30(41)34-9-10-43-21(14-34)15-36(29(40)18-3-5-20(42-2)6-4-18)16-24-28(39)27(38)23(44-24)12-26(37)32-19/h3-8,19,21-24,27-28,38-39H,9-17H2,1-2H3,(H,32,37)/t19-,21-,22-,23-,24+,27-,28+/m0/s1. The van der Waals surface area contributed by atoms with Crippen molar-refractivity contribution in [2.75, 3.05) is 46.4 Å². The first-order valence-corrected chi connectivity index (χ1v) is 15.0. The monoisotopic (exact) mass is 612 g/mol. The Morgan fingerprint density at radius 1 is 1.09 bits per heavy atom. The molecule has 0 saturated carbocycles. The molecule has 14 heteroatoms. The molecule has 6 bridgehead atoms. The minimum Gasteiger partial charge on any atom is -0.497 e. The number of likely N-dealkylation sites (tertiary alicyclic amines) is 1. The SMILES string of the molecule is COc1ccc(C(=O)N2C[C@@H]3CN(CCO3)C(=O)[C@@H]3C[C@@H](CN3Cc3nccn3C)NC(=O)C[C@@H]3O[C@H](C2)[C@@H](O)[C@H]3O)cc1. The van der Waals surface area contributed by atoms with Gasteiger partial charge in [0.1, 0.15) is 29.9 Å². The number of nitrogens with zero attached hydrogens (tertiary/aromatic N) is 5. The van der Waals surface area contributed by atoms with Gasteiger partial charge in [-0.25, -0.2) is 4.98 Å². The second kappa shape index (κ2) is 12.8. The van der Waals surface area contributed by atoms with Gasteiger partial charge in [0, 0.05) is 63.8 Å². The predicted molar refractivity (Wildman–Crippen MR) is 154 cm³/mol. The van der Waals surface area contributed by atoms with Crippen LogP contribution in [0, 0.1) is 0 Å². The highest BCUT2D eigenvalue weighted by atomic mass is 16.5. The summed E-state index contributed by atoms with van der Waals surface area (Å²) in [7, 11) is 3.44. The topological polar surface area (TPSA) is 159 Å². The van der Waals surface area contributed by atoms with E-state index in [9.17, 15) is 24.6 Å². The molecule has 0 aliphatic carbocycles. The summed E-state index contributed by atoms with van der Waals surface area (Å²) in [4.78, 5) is 50.7. The van der Waals surface area contributed by atoms with Crippen LogP contribution in [0.3, 0.4) is 0 Å². The second-order valence-corrected chi connectivity index (χ2v) is 12.0. The maximum absolute atomic E-state index is 14.0. The van der Waals surface area contributed by atoms with Crippen LogP contribution in [0.5, 0.6) is 5.75 Å². The van der Waals surface area contributed by atoms with Crippen molar-refractivity contribution in [3.63, 3.8) is 0 Å². The summed E-state index contributed by atoms with van der Waals surface area (Å²) in [6, 6.07) is 5.90. The quantitative estimate of drug-likeness (QED) is 0.381. The molecule has 4 aliphatic heterocycles. The molecule has 4 fully saturated rings. The van der Waals surface area contributed by atoms with Gasteiger partial charge in [-0.1, -0.05) is 0 Å². The number of hydrogen-bond acceptors (Lipinski definition) is 10. The Kier molecular flexibility index (Phi) is 8.87. The van der Waals surface area contributed by atoms with Crippen LogP contribution in [0.4, 0.5) is 0 Å². The smallest absolute Gasteiger partial charge is 0.254 e. The summed E-state index contributed by atoms with van der Waals surface area (Å²) < 4.78 is 19.2. The van der Waals surface area contributed by atoms with Crippen molar-refractivity contribution in [2.24, 2.45) is 7.05 Å². The first-order valence-electron chi connectivity index (χ1n) is 15.0. The van der Waals surface area contributed by atoms with Crippen molar-refractivity contribution in [3.05, 3.63) is 48.0 Å². The molecule has 7 atom stereocenters. The summed E-state index contributed by atoms with van der Waals surface area (Å²) >= 11 is 0. The maximum atomic E-state index is 14.0. The fourth-order valence-electron chi connectivity index (χ4n) is 6.65. The van der Waals surface area contributed by atoms with Gasteiger partial charge in [-0.05, 0) is 30.7 Å². The van der Waals surface area contributed by atoms with Crippen molar-refractivity contribution >= 4 is 17.7 Å². The van der Waals surface area contributed by atoms with Crippen LogP contribution in [-0.2, 0) is 32.7 Å². The molecular formula is C30H40N6O8. The van der Waals surface area contributed by atoms with Gasteiger partial charge in [0.05, 0.1) is 44.9 Å². The molecule has 0 unspecified atom stereocenters. The van der Waals surface area contributed by atoms with Gasteiger partial charge in [-0.3, -0.25) is 19.3 Å². The minimum atomic E-state index is -1.31. The van der Waals surface area contributed by atoms with E-state index in [0.29, 0.717) is 44.0 Å². The van der Waals surface area contributed by atoms with Crippen LogP contribution < -0.4 is 10.1 Å². The zero-order valence-corrected chi connectivity index (χ0v) is 24.9. The highest BCUT2D eigenvalue weighted by Crippen LogP contribution is 2.28. The number of aliphatic hydroxyl groups is 2. The molecule has 14 nitrogen and oxygen atoms in total. The summed E-state index contributed by atoms with van der Waals surface area (Å²) in [6.45, 7) is 1.95. The molecular weight excluding hydrogens is 572 g/mol. The first-order chi connectivity index (χ1) is 21.2. The van der Waals surface area contributed by atoms with Gasteiger partial charge in [0.2, 0.25) is 11.8 Å². The van der Waals surface area contributed by atoms with Crippen LogP contribution in [0.1, 0.15) is 29.0 Å². The van der Waals surface area contributed by atoms with E-state index in [1.807, 2.05) is 22.7 Å². The summed E-state index contributed by atoms with van der Waals surface area (Å²) in [5.74, 6) is 0.673. The average Bonchev–Trinajstić information content (AvgIpc) is 3.69. The number of hydrogen-bond donors (Lipinski definition) is 3. The molecule has 0 radical (unpaired) electrons. The van der Waals surface area contributed by atoms with Crippen molar-refractivity contribution in [1.82, 2.24) is 29.6 Å². The fourth-order valence-corrected chi connectivity index (χ4v) is 6.65. The number of methoxy groups -OCH3 is 1. The largest absolute Gasteiger partial charge is 0.497 e. The molecule has 4 aliphatic rings. The normalized spacial score (nSPS) is 31.7. The molecule has 4 saturated heterocycles. The molecule has 2 aromatic rings. The minimum absolute atomic E-state index is 0.0439. The van der Waals surface area contributed by atoms with Gasteiger partial charge in [0.15, 0.2) is 0 Å². The highest BCUT2D eigenvalue weighted by Gasteiger charge is 2.46. The number of fused-ring (bicyclic) bond motifs is 6. The van der Waals surface area contributed by atoms with Gasteiger partial charge in [-0.2, -0.15) is 0 Å². The number of morpholine rings is 1. The Labute approximate surface area is 255 Å². The van der Waals surface area contributed by atoms with E-state index < -0.39 is 36.6 Å². The number of rotatable bonds is 4. The molecule has 3 amide bonds. The Balaban J connectivity index is 1.28.